The van der Waals surface area contributed by atoms with Crippen molar-refractivity contribution in [3.8, 4) is 117 Å². The van der Waals surface area contributed by atoms with Gasteiger partial charge in [-0.15, -0.1) is 31.6 Å². The van der Waals surface area contributed by atoms with Gasteiger partial charge in [0.05, 0.1) is 0 Å². The number of nitrogens with zero attached hydrogens (tertiary/aromatic N) is 6. The summed E-state index contributed by atoms with van der Waals surface area (Å²) in [5.74, 6) is 3.54. The van der Waals surface area contributed by atoms with Crippen molar-refractivity contribution >= 4 is 0 Å². The van der Waals surface area contributed by atoms with Crippen LogP contribution in [0.5, 0.6) is 34.5 Å². The molecule has 10 aromatic rings. The lowest BCUT2D eigenvalue weighted by Gasteiger charge is -2.28. The fourth-order valence-corrected chi connectivity index (χ4v) is 11.6. The minimum absolute atomic E-state index is 0.249. The Bertz CT molecular complexity index is 4040. The van der Waals surface area contributed by atoms with Crippen LogP contribution in [-0.4, -0.2) is 0 Å². The number of hydrogen-bond acceptors (Lipinski definition) is 12. The zero-order chi connectivity index (χ0) is 65.2. The maximum atomic E-state index is 9.61. The van der Waals surface area contributed by atoms with Crippen molar-refractivity contribution in [3.05, 3.63) is 272 Å². The van der Waals surface area contributed by atoms with Gasteiger partial charge >= 0.3 is 0 Å². The smallest absolute Gasteiger partial charge is 0.292 e. The van der Waals surface area contributed by atoms with E-state index in [9.17, 15) is 10.5 Å². The molecule has 0 aromatic heterocycles. The standard InChI is InChI=1S/C39H26N2O2.C21H22N2O2.C19H18N2O2/c40-26-42-38-34(30-13-5-1-6-14-30)22-28(23-35(38)31-15-7-2-8-16-31)21-29-24-36(32-17-9-3-10-18-32)39(43-27-41)37(25-29)33-19-11-4-12-20-33;1-13-7-17(8-14(2)19(13)24-11-22)21(5,6)18-9-15(3)20(25-12-23)16(4)10-18;1-12-5-16(6-13(2)18(12)22-10-20)9-17-7-14(3)19(23-11-21)15(4)8-17/h1-20,22-25H,21H2;7-10H,1-6H3;5-8H,9H2,1-4H3. The molecule has 448 valence electrons. The van der Waals surface area contributed by atoms with Crippen molar-refractivity contribution in [3.63, 3.8) is 0 Å². The zero-order valence-electron chi connectivity index (χ0n) is 52.5. The summed E-state index contributed by atoms with van der Waals surface area (Å²) in [4.78, 5) is 0. The molecule has 10 rings (SSSR count). The molecule has 0 bridgehead atoms. The molecule has 0 N–H and O–H groups in total. The number of hydrogen-bond donors (Lipinski definition) is 0. The number of nitriles is 6. The van der Waals surface area contributed by atoms with Crippen LogP contribution in [0.25, 0.3) is 44.5 Å². The zero-order valence-corrected chi connectivity index (χ0v) is 52.5. The summed E-state index contributed by atoms with van der Waals surface area (Å²) in [6, 6.07) is 64.6. The van der Waals surface area contributed by atoms with E-state index < -0.39 is 0 Å². The third-order valence-electron chi connectivity index (χ3n) is 15.7. The van der Waals surface area contributed by atoms with Gasteiger partial charge in [0.15, 0.2) is 11.5 Å². The van der Waals surface area contributed by atoms with E-state index in [2.05, 4.69) is 62.4 Å². The summed E-state index contributed by atoms with van der Waals surface area (Å²) < 4.78 is 31.5. The lowest BCUT2D eigenvalue weighted by Crippen LogP contribution is -2.20. The van der Waals surface area contributed by atoms with Crippen molar-refractivity contribution < 1.29 is 28.4 Å². The number of benzene rings is 10. The molecule has 0 heterocycles. The van der Waals surface area contributed by atoms with E-state index in [4.69, 9.17) is 49.5 Å². The van der Waals surface area contributed by atoms with Gasteiger partial charge in [0.1, 0.15) is 23.0 Å². The molecule has 12 nitrogen and oxygen atoms in total. The van der Waals surface area contributed by atoms with Crippen LogP contribution in [0.2, 0.25) is 0 Å². The van der Waals surface area contributed by atoms with Crippen molar-refractivity contribution in [2.75, 3.05) is 0 Å². The minimum atomic E-state index is -0.249. The highest BCUT2D eigenvalue weighted by molar-refractivity contribution is 5.86. The van der Waals surface area contributed by atoms with Gasteiger partial charge in [-0.05, 0) is 193 Å². The highest BCUT2D eigenvalue weighted by Crippen LogP contribution is 2.45. The van der Waals surface area contributed by atoms with Gasteiger partial charge in [0.25, 0.3) is 37.5 Å². The molecule has 0 amide bonds. The molecule has 91 heavy (non-hydrogen) atoms. The normalized spacial score (nSPS) is 10.3. The molecule has 0 aliphatic carbocycles. The Balaban J connectivity index is 0.000000190. The summed E-state index contributed by atoms with van der Waals surface area (Å²) in [5, 5.41) is 54.2. The van der Waals surface area contributed by atoms with Crippen LogP contribution < -0.4 is 28.4 Å². The second kappa shape index (κ2) is 30.0. The largest absolute Gasteiger partial charge is 0.387 e. The summed E-state index contributed by atoms with van der Waals surface area (Å²) >= 11 is 0. The highest BCUT2D eigenvalue weighted by atomic mass is 16.5. The molecular weight excluding hydrogens is 1130 g/mol. The molecule has 0 saturated heterocycles. The molecule has 0 unspecified atom stereocenters. The molecule has 0 saturated carbocycles. The van der Waals surface area contributed by atoms with E-state index in [0.29, 0.717) is 40.9 Å². The maximum Gasteiger partial charge on any atom is 0.292 e. The summed E-state index contributed by atoms with van der Waals surface area (Å²) in [7, 11) is 0. The molecule has 0 radical (unpaired) electrons. The van der Waals surface area contributed by atoms with Crippen LogP contribution in [-0.2, 0) is 18.3 Å². The first-order valence-electron chi connectivity index (χ1n) is 29.3. The van der Waals surface area contributed by atoms with Crippen LogP contribution in [0.3, 0.4) is 0 Å². The lowest BCUT2D eigenvalue weighted by molar-refractivity contribution is 0.496. The summed E-state index contributed by atoms with van der Waals surface area (Å²) in [6.07, 6.45) is 12.1. The molecule has 0 atom stereocenters. The third kappa shape index (κ3) is 15.6. The molecule has 0 spiro atoms. The van der Waals surface area contributed by atoms with Crippen molar-refractivity contribution in [2.45, 2.75) is 87.5 Å². The van der Waals surface area contributed by atoms with Crippen molar-refractivity contribution in [1.82, 2.24) is 0 Å². The monoisotopic (exact) mass is 1190 g/mol. The Morgan fingerprint density at radius 1 is 0.264 bits per heavy atom. The second-order valence-electron chi connectivity index (χ2n) is 22.6. The topological polar surface area (TPSA) is 198 Å². The first kappa shape index (κ1) is 64.9. The average Bonchev–Trinajstić information content (AvgIpc) is 2.05. The Hall–Kier alpha value is -12.1. The second-order valence-corrected chi connectivity index (χ2v) is 22.6. The Labute approximate surface area is 533 Å². The van der Waals surface area contributed by atoms with Crippen LogP contribution >= 0.6 is 0 Å². The molecule has 0 fully saturated rings. The van der Waals surface area contributed by atoms with Gasteiger partial charge < -0.3 is 28.4 Å². The van der Waals surface area contributed by atoms with E-state index in [1.165, 1.54) is 0 Å². The maximum absolute atomic E-state index is 9.61. The first-order valence-corrected chi connectivity index (χ1v) is 29.3. The predicted molar refractivity (Wildman–Crippen MR) is 353 cm³/mol. The van der Waals surface area contributed by atoms with E-state index in [-0.39, 0.29) is 5.41 Å². The SMILES string of the molecule is Cc1cc(C(C)(C)c2cc(C)c(OC#N)c(C)c2)cc(C)c1OC#N.Cc1cc(Cc2cc(C)c(OC#N)c(C)c2)cc(C)c1OC#N.N#COc1c(-c2ccccc2)cc(Cc2cc(-c3ccccc3)c(OC#N)c(-c3ccccc3)c2)cc1-c1ccccc1. The van der Waals surface area contributed by atoms with E-state index >= 15 is 0 Å². The summed E-state index contributed by atoms with van der Waals surface area (Å²) in [5.41, 5.74) is 21.1. The van der Waals surface area contributed by atoms with Gasteiger partial charge in [-0.1, -0.05) is 184 Å². The number of aryl methyl sites for hydroxylation is 8. The van der Waals surface area contributed by atoms with Gasteiger partial charge in [0.2, 0.25) is 0 Å². The number of rotatable bonds is 16. The Morgan fingerprint density at radius 3 is 0.659 bits per heavy atom. The molecular formula is C79H66N6O6. The summed E-state index contributed by atoms with van der Waals surface area (Å²) in [6.45, 7) is 19.8. The molecule has 10 aromatic carbocycles. The Kier molecular flexibility index (Phi) is 21.4. The number of ether oxygens (including phenoxy) is 6. The predicted octanol–water partition coefficient (Wildman–Crippen LogP) is 18.9. The third-order valence-corrected chi connectivity index (χ3v) is 15.7. The van der Waals surface area contributed by atoms with Crippen LogP contribution in [0.4, 0.5) is 0 Å². The fourth-order valence-electron chi connectivity index (χ4n) is 11.6. The van der Waals surface area contributed by atoms with Crippen molar-refractivity contribution in [2.24, 2.45) is 0 Å². The van der Waals surface area contributed by atoms with E-state index in [1.54, 1.807) is 25.0 Å². The van der Waals surface area contributed by atoms with Gasteiger partial charge in [-0.2, -0.15) is 0 Å². The van der Waals surface area contributed by atoms with Gasteiger partial charge in [0, 0.05) is 27.7 Å². The van der Waals surface area contributed by atoms with Crippen molar-refractivity contribution in [1.29, 1.82) is 31.6 Å². The fraction of sp³-hybridized carbons (Fsp3) is 0.165. The quantitative estimate of drug-likeness (QED) is 0.0831. The first-order chi connectivity index (χ1) is 43.9. The van der Waals surface area contributed by atoms with E-state index in [1.807, 2.05) is 213 Å². The Morgan fingerprint density at radius 2 is 0.451 bits per heavy atom. The van der Waals surface area contributed by atoms with Crippen LogP contribution in [0, 0.1) is 124 Å². The molecule has 0 aliphatic heterocycles. The lowest BCUT2D eigenvalue weighted by atomic mass is 9.76. The molecule has 0 aliphatic rings. The van der Waals surface area contributed by atoms with Crippen LogP contribution in [0.15, 0.2) is 194 Å². The minimum Gasteiger partial charge on any atom is -0.387 e. The molecule has 12 heteroatoms. The van der Waals surface area contributed by atoms with Gasteiger partial charge in [-0.25, -0.2) is 0 Å². The van der Waals surface area contributed by atoms with E-state index in [0.717, 1.165) is 129 Å². The highest BCUT2D eigenvalue weighted by Gasteiger charge is 2.27. The van der Waals surface area contributed by atoms with Gasteiger partial charge in [-0.3, -0.25) is 0 Å². The van der Waals surface area contributed by atoms with Crippen LogP contribution in [0.1, 0.15) is 91.7 Å². The average molecular weight is 1200 g/mol.